The fourth-order valence-electron chi connectivity index (χ4n) is 4.31. The standard InChI is InChI=1S/C20H27NO3/c1-13-5-3-6-17(14(13)2)18-7-4-12-21(18)19(22)15-8-10-16(11-9-15)20(23)24/h3,5-6,15-16,18H,4,7-12H2,1-2H3,(H,23,24). The second kappa shape index (κ2) is 6.96. The van der Waals surface area contributed by atoms with Crippen LogP contribution in [0.5, 0.6) is 0 Å². The second-order valence-electron chi connectivity index (χ2n) is 7.37. The molecule has 130 valence electrons. The number of hydrogen-bond donors (Lipinski definition) is 1. The van der Waals surface area contributed by atoms with Crippen molar-refractivity contribution in [3.05, 3.63) is 34.9 Å². The number of aliphatic carboxylic acids is 1. The van der Waals surface area contributed by atoms with Crippen molar-refractivity contribution in [1.82, 2.24) is 4.90 Å². The van der Waals surface area contributed by atoms with Crippen molar-refractivity contribution >= 4 is 11.9 Å². The first-order chi connectivity index (χ1) is 11.5. The summed E-state index contributed by atoms with van der Waals surface area (Å²) in [6, 6.07) is 6.54. The van der Waals surface area contributed by atoms with Gasteiger partial charge in [-0.2, -0.15) is 0 Å². The molecular formula is C20H27NO3. The Hall–Kier alpha value is -1.84. The number of carboxylic acid groups (broad SMARTS) is 1. The van der Waals surface area contributed by atoms with Crippen LogP contribution in [-0.2, 0) is 9.59 Å². The van der Waals surface area contributed by atoms with Gasteiger partial charge in [-0.15, -0.1) is 0 Å². The molecule has 0 aromatic heterocycles. The van der Waals surface area contributed by atoms with E-state index in [0.29, 0.717) is 25.7 Å². The van der Waals surface area contributed by atoms with Gasteiger partial charge in [-0.05, 0) is 69.1 Å². The number of carbonyl (C=O) groups is 2. The zero-order valence-electron chi connectivity index (χ0n) is 14.6. The maximum atomic E-state index is 13.0. The molecule has 4 nitrogen and oxygen atoms in total. The van der Waals surface area contributed by atoms with Gasteiger partial charge in [0.25, 0.3) is 0 Å². The normalized spacial score (nSPS) is 27.2. The molecule has 0 bridgehead atoms. The molecule has 1 saturated heterocycles. The molecule has 1 aliphatic carbocycles. The Morgan fingerprint density at radius 2 is 1.71 bits per heavy atom. The molecule has 1 unspecified atom stereocenters. The highest BCUT2D eigenvalue weighted by molar-refractivity contribution is 5.80. The number of carboxylic acids is 1. The van der Waals surface area contributed by atoms with E-state index in [1.807, 2.05) is 0 Å². The quantitative estimate of drug-likeness (QED) is 0.916. The van der Waals surface area contributed by atoms with E-state index < -0.39 is 5.97 Å². The van der Waals surface area contributed by atoms with Crippen molar-refractivity contribution in [3.8, 4) is 0 Å². The lowest BCUT2D eigenvalue weighted by atomic mass is 9.81. The molecule has 1 aromatic carbocycles. The molecular weight excluding hydrogens is 302 g/mol. The number of likely N-dealkylation sites (tertiary alicyclic amines) is 1. The average molecular weight is 329 g/mol. The molecule has 0 spiro atoms. The maximum Gasteiger partial charge on any atom is 0.306 e. The molecule has 3 rings (SSSR count). The number of carbonyl (C=O) groups excluding carboxylic acids is 1. The highest BCUT2D eigenvalue weighted by Gasteiger charge is 2.37. The van der Waals surface area contributed by atoms with Crippen LogP contribution in [0.25, 0.3) is 0 Å². The van der Waals surface area contributed by atoms with Crippen molar-refractivity contribution in [2.45, 2.75) is 58.4 Å². The molecule has 0 radical (unpaired) electrons. The lowest BCUT2D eigenvalue weighted by Gasteiger charge is -2.33. The summed E-state index contributed by atoms with van der Waals surface area (Å²) in [6.07, 6.45) is 4.77. The van der Waals surface area contributed by atoms with Crippen molar-refractivity contribution in [2.24, 2.45) is 11.8 Å². The van der Waals surface area contributed by atoms with Crippen LogP contribution in [0.4, 0.5) is 0 Å². The lowest BCUT2D eigenvalue weighted by molar-refractivity contribution is -0.146. The molecule has 24 heavy (non-hydrogen) atoms. The van der Waals surface area contributed by atoms with Crippen molar-refractivity contribution < 1.29 is 14.7 Å². The van der Waals surface area contributed by atoms with Gasteiger partial charge in [0.2, 0.25) is 5.91 Å². The minimum Gasteiger partial charge on any atom is -0.481 e. The Labute approximate surface area is 143 Å². The summed E-state index contributed by atoms with van der Waals surface area (Å²) in [5.74, 6) is -0.730. The maximum absolute atomic E-state index is 13.0. The van der Waals surface area contributed by atoms with Gasteiger partial charge < -0.3 is 10.0 Å². The van der Waals surface area contributed by atoms with Crippen LogP contribution in [0, 0.1) is 25.7 Å². The Kier molecular flexibility index (Phi) is 4.93. The van der Waals surface area contributed by atoms with Gasteiger partial charge in [0, 0.05) is 12.5 Å². The Bertz CT molecular complexity index is 632. The third-order valence-corrected chi connectivity index (χ3v) is 5.97. The number of amides is 1. The van der Waals surface area contributed by atoms with Crippen LogP contribution in [0.1, 0.15) is 61.3 Å². The largest absolute Gasteiger partial charge is 0.481 e. The number of aryl methyl sites for hydroxylation is 1. The van der Waals surface area contributed by atoms with E-state index in [4.69, 9.17) is 5.11 Å². The Balaban J connectivity index is 1.73. The third-order valence-electron chi connectivity index (χ3n) is 5.97. The van der Waals surface area contributed by atoms with Crippen LogP contribution >= 0.6 is 0 Å². The van der Waals surface area contributed by atoms with Gasteiger partial charge >= 0.3 is 5.97 Å². The highest BCUT2D eigenvalue weighted by Crippen LogP contribution is 2.38. The SMILES string of the molecule is Cc1cccc(C2CCCN2C(=O)C2CCC(C(=O)O)CC2)c1C. The van der Waals surface area contributed by atoms with E-state index in [-0.39, 0.29) is 23.8 Å². The molecule has 1 aliphatic heterocycles. The summed E-state index contributed by atoms with van der Waals surface area (Å²) in [7, 11) is 0. The number of hydrogen-bond acceptors (Lipinski definition) is 2. The molecule has 1 saturated carbocycles. The molecule has 2 fully saturated rings. The van der Waals surface area contributed by atoms with Gasteiger partial charge in [-0.25, -0.2) is 0 Å². The van der Waals surface area contributed by atoms with Gasteiger partial charge in [0.15, 0.2) is 0 Å². The Morgan fingerprint density at radius 1 is 1.04 bits per heavy atom. The predicted molar refractivity (Wildman–Crippen MR) is 92.7 cm³/mol. The summed E-state index contributed by atoms with van der Waals surface area (Å²) >= 11 is 0. The Morgan fingerprint density at radius 3 is 2.38 bits per heavy atom. The van der Waals surface area contributed by atoms with Crippen LogP contribution < -0.4 is 0 Å². The van der Waals surface area contributed by atoms with Crippen molar-refractivity contribution in [1.29, 1.82) is 0 Å². The fourth-order valence-corrected chi connectivity index (χ4v) is 4.31. The van der Waals surface area contributed by atoms with E-state index in [2.05, 4.69) is 36.9 Å². The minimum absolute atomic E-state index is 0.00585. The van der Waals surface area contributed by atoms with Gasteiger partial charge in [-0.1, -0.05) is 18.2 Å². The highest BCUT2D eigenvalue weighted by atomic mass is 16.4. The third kappa shape index (κ3) is 3.19. The molecule has 2 aliphatic rings. The van der Waals surface area contributed by atoms with E-state index in [9.17, 15) is 9.59 Å². The predicted octanol–water partition coefficient (Wildman–Crippen LogP) is 3.86. The molecule has 1 amide bonds. The van der Waals surface area contributed by atoms with Gasteiger partial charge in [-0.3, -0.25) is 9.59 Å². The first-order valence-electron chi connectivity index (χ1n) is 9.08. The monoisotopic (exact) mass is 329 g/mol. The molecule has 1 heterocycles. The summed E-state index contributed by atoms with van der Waals surface area (Å²) in [5.41, 5.74) is 3.84. The van der Waals surface area contributed by atoms with Gasteiger partial charge in [0.05, 0.1) is 12.0 Å². The first-order valence-corrected chi connectivity index (χ1v) is 9.08. The summed E-state index contributed by atoms with van der Waals surface area (Å²) in [4.78, 5) is 26.2. The molecule has 1 aromatic rings. The van der Waals surface area contributed by atoms with E-state index in [1.54, 1.807) is 0 Å². The number of nitrogens with zero attached hydrogens (tertiary/aromatic N) is 1. The smallest absolute Gasteiger partial charge is 0.306 e. The van der Waals surface area contributed by atoms with E-state index in [0.717, 1.165) is 19.4 Å². The van der Waals surface area contributed by atoms with Crippen LogP contribution in [0.15, 0.2) is 18.2 Å². The second-order valence-corrected chi connectivity index (χ2v) is 7.37. The number of rotatable bonds is 3. The molecule has 1 N–H and O–H groups in total. The average Bonchev–Trinajstić information content (AvgIpc) is 3.06. The molecule has 4 heteroatoms. The van der Waals surface area contributed by atoms with Crippen molar-refractivity contribution in [2.75, 3.05) is 6.54 Å². The van der Waals surface area contributed by atoms with E-state index in [1.165, 1.54) is 16.7 Å². The zero-order valence-corrected chi connectivity index (χ0v) is 14.6. The fraction of sp³-hybridized carbons (Fsp3) is 0.600. The summed E-state index contributed by atoms with van der Waals surface area (Å²) in [6.45, 7) is 5.09. The minimum atomic E-state index is -0.713. The van der Waals surface area contributed by atoms with Gasteiger partial charge in [0.1, 0.15) is 0 Å². The topological polar surface area (TPSA) is 57.6 Å². The molecule has 1 atom stereocenters. The zero-order chi connectivity index (χ0) is 17.3. The van der Waals surface area contributed by atoms with Crippen LogP contribution in [0.2, 0.25) is 0 Å². The van der Waals surface area contributed by atoms with Crippen LogP contribution in [0.3, 0.4) is 0 Å². The van der Waals surface area contributed by atoms with Crippen LogP contribution in [-0.4, -0.2) is 28.4 Å². The van der Waals surface area contributed by atoms with E-state index >= 15 is 0 Å². The first kappa shape index (κ1) is 17.0. The lowest BCUT2D eigenvalue weighted by Crippen LogP contribution is -2.38. The number of benzene rings is 1. The summed E-state index contributed by atoms with van der Waals surface area (Å²) in [5, 5.41) is 9.13. The summed E-state index contributed by atoms with van der Waals surface area (Å²) < 4.78 is 0. The van der Waals surface area contributed by atoms with Crippen molar-refractivity contribution in [3.63, 3.8) is 0 Å².